The highest BCUT2D eigenvalue weighted by Crippen LogP contribution is 2.35. The lowest BCUT2D eigenvalue weighted by Gasteiger charge is -2.26. The molecule has 3 rings (SSSR count). The normalized spacial score (nSPS) is 16.4. The highest BCUT2D eigenvalue weighted by atomic mass is 19.4. The molecule has 2 aromatic carbocycles. The van der Waals surface area contributed by atoms with E-state index >= 15 is 0 Å². The number of unbranched alkanes of at least 4 members (excludes halogenated alkanes) is 3. The Morgan fingerprint density at radius 2 is 1.63 bits per heavy atom. The van der Waals surface area contributed by atoms with E-state index in [4.69, 9.17) is 0 Å². The van der Waals surface area contributed by atoms with E-state index in [1.807, 2.05) is 0 Å². The largest absolute Gasteiger partial charge is 0.573 e. The zero-order chi connectivity index (χ0) is 21.6. The number of ether oxygens (including phenoxy) is 1. The van der Waals surface area contributed by atoms with Gasteiger partial charge in [0.25, 0.3) is 0 Å². The van der Waals surface area contributed by atoms with Gasteiger partial charge in [-0.1, -0.05) is 56.5 Å². The van der Waals surface area contributed by atoms with Crippen LogP contribution in [0, 0.1) is 11.7 Å². The van der Waals surface area contributed by atoms with Crippen LogP contribution in [0.5, 0.6) is 5.75 Å². The molecule has 0 aliphatic heterocycles. The van der Waals surface area contributed by atoms with E-state index in [9.17, 15) is 17.6 Å². The van der Waals surface area contributed by atoms with E-state index in [0.717, 1.165) is 37.3 Å². The highest BCUT2D eigenvalue weighted by Gasteiger charge is 2.33. The van der Waals surface area contributed by atoms with Gasteiger partial charge in [-0.05, 0) is 79.2 Å². The van der Waals surface area contributed by atoms with Gasteiger partial charge >= 0.3 is 6.36 Å². The molecule has 0 N–H and O–H groups in total. The molecule has 1 atom stereocenters. The van der Waals surface area contributed by atoms with Gasteiger partial charge in [0.2, 0.25) is 0 Å². The summed E-state index contributed by atoms with van der Waals surface area (Å²) in [4.78, 5) is 0. The Bertz CT molecular complexity index is 811. The Labute approximate surface area is 176 Å². The molecule has 0 radical (unpaired) electrons. The van der Waals surface area contributed by atoms with Crippen molar-refractivity contribution < 1.29 is 22.3 Å². The molecule has 0 amide bonds. The first kappa shape index (κ1) is 22.6. The Kier molecular flexibility index (Phi) is 7.79. The molecule has 1 unspecified atom stereocenters. The van der Waals surface area contributed by atoms with Gasteiger partial charge in [0, 0.05) is 0 Å². The summed E-state index contributed by atoms with van der Waals surface area (Å²) in [6.07, 6.45) is 5.23. The fraction of sp³-hybridized carbons (Fsp3) is 0.520. The van der Waals surface area contributed by atoms with Crippen LogP contribution in [-0.2, 0) is 25.7 Å². The quantitative estimate of drug-likeness (QED) is 0.299. The summed E-state index contributed by atoms with van der Waals surface area (Å²) < 4.78 is 55.4. The molecule has 0 heterocycles. The summed E-state index contributed by atoms with van der Waals surface area (Å²) in [6, 6.07) is 11.5. The van der Waals surface area contributed by atoms with Crippen LogP contribution in [0.3, 0.4) is 0 Å². The van der Waals surface area contributed by atoms with Crippen molar-refractivity contribution in [2.75, 3.05) is 0 Å². The topological polar surface area (TPSA) is 9.23 Å². The minimum atomic E-state index is -4.88. The average molecular weight is 423 g/mol. The minimum Gasteiger partial charge on any atom is -0.403 e. The van der Waals surface area contributed by atoms with Crippen LogP contribution in [0.15, 0.2) is 36.4 Å². The fourth-order valence-corrected chi connectivity index (χ4v) is 4.31. The van der Waals surface area contributed by atoms with Crippen molar-refractivity contribution in [1.29, 1.82) is 0 Å². The number of fused-ring (bicyclic) bond motifs is 1. The maximum absolute atomic E-state index is 14.4. The number of benzene rings is 2. The van der Waals surface area contributed by atoms with Crippen LogP contribution in [-0.4, -0.2) is 6.36 Å². The van der Waals surface area contributed by atoms with E-state index in [2.05, 4.69) is 35.9 Å². The molecule has 1 nitrogen and oxygen atoms in total. The molecule has 0 bridgehead atoms. The molecule has 5 heteroatoms. The van der Waals surface area contributed by atoms with Gasteiger partial charge in [0.05, 0.1) is 0 Å². The van der Waals surface area contributed by atoms with E-state index < -0.39 is 17.9 Å². The second-order valence-corrected chi connectivity index (χ2v) is 8.34. The number of aryl methyl sites for hydroxylation is 2. The summed E-state index contributed by atoms with van der Waals surface area (Å²) >= 11 is 0. The Morgan fingerprint density at radius 3 is 2.30 bits per heavy atom. The lowest BCUT2D eigenvalue weighted by molar-refractivity contribution is -0.275. The molecular formula is C25H30F4O. The minimum absolute atomic E-state index is 0.375. The van der Waals surface area contributed by atoms with Crippen molar-refractivity contribution in [2.45, 2.75) is 77.5 Å². The monoisotopic (exact) mass is 422 g/mol. The SMILES string of the molecule is CCCCCCc1ccc(CCC2CCc3c(ccc(OC(F)(F)F)c3F)C2)cc1. The summed E-state index contributed by atoms with van der Waals surface area (Å²) in [5.41, 5.74) is 3.87. The maximum Gasteiger partial charge on any atom is 0.573 e. The van der Waals surface area contributed by atoms with Crippen LogP contribution in [0.4, 0.5) is 17.6 Å². The third-order valence-electron chi connectivity index (χ3n) is 6.02. The second-order valence-electron chi connectivity index (χ2n) is 8.34. The third-order valence-corrected chi connectivity index (χ3v) is 6.02. The highest BCUT2D eigenvalue weighted by molar-refractivity contribution is 5.39. The van der Waals surface area contributed by atoms with Gasteiger partial charge in [-0.25, -0.2) is 4.39 Å². The number of hydrogen-bond donors (Lipinski definition) is 0. The Hall–Kier alpha value is -2.04. The lowest BCUT2D eigenvalue weighted by atomic mass is 9.80. The van der Waals surface area contributed by atoms with Crippen molar-refractivity contribution in [3.05, 3.63) is 64.5 Å². The Balaban J connectivity index is 1.51. The van der Waals surface area contributed by atoms with Gasteiger partial charge in [0.1, 0.15) is 0 Å². The molecule has 30 heavy (non-hydrogen) atoms. The molecule has 1 aliphatic rings. The predicted molar refractivity (Wildman–Crippen MR) is 111 cm³/mol. The van der Waals surface area contributed by atoms with Crippen LogP contribution in [0.1, 0.15) is 67.7 Å². The molecule has 0 saturated heterocycles. The van der Waals surface area contributed by atoms with Crippen LogP contribution < -0.4 is 4.74 Å². The molecule has 0 spiro atoms. The van der Waals surface area contributed by atoms with Crippen LogP contribution in [0.25, 0.3) is 0 Å². The van der Waals surface area contributed by atoms with Crippen molar-refractivity contribution in [3.8, 4) is 5.75 Å². The maximum atomic E-state index is 14.4. The first-order valence-electron chi connectivity index (χ1n) is 11.0. The summed E-state index contributed by atoms with van der Waals surface area (Å²) in [5, 5.41) is 0. The Morgan fingerprint density at radius 1 is 0.933 bits per heavy atom. The molecular weight excluding hydrogens is 392 g/mol. The third kappa shape index (κ3) is 6.48. The van der Waals surface area contributed by atoms with Crippen molar-refractivity contribution in [3.63, 3.8) is 0 Å². The van der Waals surface area contributed by atoms with E-state index in [1.54, 1.807) is 6.07 Å². The number of hydrogen-bond acceptors (Lipinski definition) is 1. The zero-order valence-electron chi connectivity index (χ0n) is 17.5. The van der Waals surface area contributed by atoms with Crippen molar-refractivity contribution in [2.24, 2.45) is 5.92 Å². The van der Waals surface area contributed by atoms with E-state index in [0.29, 0.717) is 24.3 Å². The summed E-state index contributed by atoms with van der Waals surface area (Å²) in [6.45, 7) is 2.22. The number of alkyl halides is 3. The van der Waals surface area contributed by atoms with E-state index in [1.165, 1.54) is 36.8 Å². The number of rotatable bonds is 9. The number of halogens is 4. The molecule has 0 saturated carbocycles. The molecule has 1 aliphatic carbocycles. The van der Waals surface area contributed by atoms with Gasteiger partial charge < -0.3 is 4.74 Å². The van der Waals surface area contributed by atoms with Gasteiger partial charge in [-0.2, -0.15) is 0 Å². The van der Waals surface area contributed by atoms with Gasteiger partial charge in [-0.3, -0.25) is 0 Å². The first-order chi connectivity index (χ1) is 14.4. The summed E-state index contributed by atoms with van der Waals surface area (Å²) in [7, 11) is 0. The molecule has 164 valence electrons. The molecule has 0 fully saturated rings. The second kappa shape index (κ2) is 10.3. The van der Waals surface area contributed by atoms with Gasteiger partial charge in [-0.15, -0.1) is 13.2 Å². The molecule has 2 aromatic rings. The zero-order valence-corrected chi connectivity index (χ0v) is 17.5. The lowest BCUT2D eigenvalue weighted by Crippen LogP contribution is -2.20. The standard InChI is InChI=1S/C25H30F4O/c1-2-3-4-5-6-18-7-9-19(10-8-18)11-12-20-13-15-22-21(17-20)14-16-23(24(22)26)30-25(27,28)29/h7-10,14,16,20H,2-6,11-13,15,17H2,1H3. The van der Waals surface area contributed by atoms with Gasteiger partial charge in [0.15, 0.2) is 11.6 Å². The van der Waals surface area contributed by atoms with E-state index in [-0.39, 0.29) is 0 Å². The fourth-order valence-electron chi connectivity index (χ4n) is 4.31. The van der Waals surface area contributed by atoms with Crippen LogP contribution >= 0.6 is 0 Å². The predicted octanol–water partition coefficient (Wildman–Crippen LogP) is 7.58. The smallest absolute Gasteiger partial charge is 0.403 e. The first-order valence-corrected chi connectivity index (χ1v) is 11.0. The summed E-state index contributed by atoms with van der Waals surface area (Å²) in [5.74, 6) is -1.17. The average Bonchev–Trinajstić information content (AvgIpc) is 2.72. The van der Waals surface area contributed by atoms with Crippen molar-refractivity contribution >= 4 is 0 Å². The molecule has 0 aromatic heterocycles. The van der Waals surface area contributed by atoms with Crippen molar-refractivity contribution in [1.82, 2.24) is 0 Å². The van der Waals surface area contributed by atoms with Crippen LogP contribution in [0.2, 0.25) is 0 Å².